The summed E-state index contributed by atoms with van der Waals surface area (Å²) in [6.45, 7) is 18.1. The quantitative estimate of drug-likeness (QED) is 0.324. The third kappa shape index (κ3) is 15.3. The summed E-state index contributed by atoms with van der Waals surface area (Å²) < 4.78 is 3.75. The average molecular weight is 789 g/mol. The Morgan fingerprint density at radius 1 is 0.435 bits per heavy atom. The van der Waals surface area contributed by atoms with Crippen molar-refractivity contribution in [3.8, 4) is 0 Å². The van der Waals surface area contributed by atoms with Gasteiger partial charge in [0.15, 0.2) is 0 Å². The molecule has 18 heteroatoms. The molecule has 4 aliphatic heterocycles. The molecule has 4 aliphatic rings. The Bertz CT molecular complexity index is 882. The molecule has 46 heavy (non-hydrogen) atoms. The van der Waals surface area contributed by atoms with Crippen LogP contribution in [0.4, 0.5) is 0 Å². The van der Waals surface area contributed by atoms with Crippen LogP contribution in [0.5, 0.6) is 0 Å². The van der Waals surface area contributed by atoms with Crippen molar-refractivity contribution < 1.29 is 10.2 Å². The van der Waals surface area contributed by atoms with Gasteiger partial charge in [-0.2, -0.15) is 0 Å². The topological polar surface area (TPSA) is 66.4 Å². The van der Waals surface area contributed by atoms with Crippen molar-refractivity contribution in [2.75, 3.05) is 145 Å². The van der Waals surface area contributed by atoms with Crippen molar-refractivity contribution in [1.29, 1.82) is 0 Å². The molecule has 0 unspecified atom stereocenters. The molecule has 10 nitrogen and oxygen atoms in total. The first-order valence-corrected chi connectivity index (χ1v) is 22.0. The van der Waals surface area contributed by atoms with E-state index in [-0.39, 0.29) is 13.2 Å². The van der Waals surface area contributed by atoms with Gasteiger partial charge in [0.2, 0.25) is 0 Å². The van der Waals surface area contributed by atoms with Crippen LogP contribution in [0.25, 0.3) is 0 Å². The maximum absolute atomic E-state index is 8.99. The largest absolute Gasteiger partial charge is 0.395 e. The van der Waals surface area contributed by atoms with E-state index in [0.717, 1.165) is 135 Å². The molecule has 4 heterocycles. The second-order valence-electron chi connectivity index (χ2n) is 11.8. The average Bonchev–Trinajstić information content (AvgIpc) is 3.43. The summed E-state index contributed by atoms with van der Waals surface area (Å²) in [7, 11) is 10.8. The van der Waals surface area contributed by atoms with Crippen LogP contribution in [-0.2, 0) is 0 Å². The predicted molar refractivity (Wildman–Crippen MR) is 218 cm³/mol. The van der Waals surface area contributed by atoms with Crippen LogP contribution in [0.2, 0.25) is 0 Å². The Morgan fingerprint density at radius 3 is 1.02 bits per heavy atom. The van der Waals surface area contributed by atoms with Gasteiger partial charge in [0, 0.05) is 105 Å². The van der Waals surface area contributed by atoms with Gasteiger partial charge in [0.1, 0.15) is 17.3 Å². The second kappa shape index (κ2) is 23.2. The minimum Gasteiger partial charge on any atom is -0.395 e. The van der Waals surface area contributed by atoms with Crippen LogP contribution in [0.15, 0.2) is 0 Å². The lowest BCUT2D eigenvalue weighted by atomic mass is 10.3. The Labute approximate surface area is 314 Å². The molecule has 0 radical (unpaired) electrons. The van der Waals surface area contributed by atoms with Gasteiger partial charge in [-0.1, -0.05) is 48.9 Å². The summed E-state index contributed by atoms with van der Waals surface area (Å²) in [5.41, 5.74) is 0. The van der Waals surface area contributed by atoms with E-state index < -0.39 is 0 Å². The molecule has 4 fully saturated rings. The third-order valence-electron chi connectivity index (χ3n) is 8.42. The van der Waals surface area contributed by atoms with Gasteiger partial charge in [0.25, 0.3) is 0 Å². The van der Waals surface area contributed by atoms with E-state index in [1.807, 2.05) is 0 Å². The number of nitrogens with zero attached hydrogens (tertiary/aromatic N) is 8. The molecular weight excluding hydrogens is 737 g/mol. The summed E-state index contributed by atoms with van der Waals surface area (Å²) in [5.74, 6) is 0. The molecule has 0 aromatic heterocycles. The number of rotatable bonds is 4. The molecule has 0 amide bonds. The van der Waals surface area contributed by atoms with Crippen LogP contribution >= 0.6 is 92.0 Å². The predicted octanol–water partition coefficient (Wildman–Crippen LogP) is 2.37. The lowest BCUT2D eigenvalue weighted by Gasteiger charge is -2.36. The highest BCUT2D eigenvalue weighted by Gasteiger charge is 2.23. The van der Waals surface area contributed by atoms with Crippen LogP contribution in [-0.4, -0.2) is 212 Å². The fraction of sp³-hybridized carbons (Fsp3) is 0.857. The maximum atomic E-state index is 8.99. The van der Waals surface area contributed by atoms with Crippen molar-refractivity contribution in [2.24, 2.45) is 0 Å². The van der Waals surface area contributed by atoms with E-state index in [0.29, 0.717) is 0 Å². The summed E-state index contributed by atoms with van der Waals surface area (Å²) >= 11 is 22.3. The first kappa shape index (κ1) is 41.1. The minimum absolute atomic E-state index is 0.217. The zero-order chi connectivity index (χ0) is 33.3. The third-order valence-corrected chi connectivity index (χ3v) is 15.9. The summed E-state index contributed by atoms with van der Waals surface area (Å²) in [4.78, 5) is 18.4. The number of likely N-dealkylation sites (N-methyl/N-ethyl adjacent to an activating group) is 2. The Kier molecular flexibility index (Phi) is 20.8. The molecule has 0 aromatic rings. The molecule has 4 rings (SSSR count). The van der Waals surface area contributed by atoms with Gasteiger partial charge in [-0.05, 0) is 83.2 Å². The summed E-state index contributed by atoms with van der Waals surface area (Å²) in [6.07, 6.45) is 2.37. The highest BCUT2D eigenvalue weighted by molar-refractivity contribution is 8.90. The van der Waals surface area contributed by atoms with Crippen LogP contribution < -0.4 is 0 Å². The lowest BCUT2D eigenvalue weighted by molar-refractivity contribution is 0.149. The van der Waals surface area contributed by atoms with E-state index in [1.165, 1.54) is 12.8 Å². The minimum atomic E-state index is 0.217. The molecule has 4 saturated heterocycles. The first-order valence-electron chi connectivity index (χ1n) is 16.1. The van der Waals surface area contributed by atoms with E-state index in [1.54, 1.807) is 43.2 Å². The Hall–Kier alpha value is 0.720. The number of piperazine rings is 2. The van der Waals surface area contributed by atoms with Gasteiger partial charge < -0.3 is 39.6 Å². The molecule has 0 bridgehead atoms. The summed E-state index contributed by atoms with van der Waals surface area (Å²) in [6, 6.07) is 0. The second-order valence-corrected chi connectivity index (χ2v) is 18.6. The van der Waals surface area contributed by atoms with Gasteiger partial charge in [-0.25, -0.2) is 0 Å². The fourth-order valence-corrected chi connectivity index (χ4v) is 10.9. The maximum Gasteiger partial charge on any atom is 0.147 e. The van der Waals surface area contributed by atoms with Gasteiger partial charge in [-0.3, -0.25) is 9.80 Å². The molecule has 0 aliphatic carbocycles. The van der Waals surface area contributed by atoms with Crippen molar-refractivity contribution in [1.82, 2.24) is 39.2 Å². The van der Waals surface area contributed by atoms with E-state index >= 15 is 0 Å². The number of aliphatic hydroxyl groups excluding tert-OH is 2. The molecule has 0 atom stereocenters. The van der Waals surface area contributed by atoms with Crippen molar-refractivity contribution in [3.05, 3.63) is 0 Å². The van der Waals surface area contributed by atoms with Crippen molar-refractivity contribution >= 4 is 109 Å². The van der Waals surface area contributed by atoms with Gasteiger partial charge in [0.05, 0.1) is 13.2 Å². The number of aliphatic hydroxyl groups is 2. The van der Waals surface area contributed by atoms with E-state index in [9.17, 15) is 0 Å². The smallest absolute Gasteiger partial charge is 0.147 e. The number of β-amino-alcohol motifs (C(OH)–C–C–N with tert-alkyl or cyclic N) is 2. The zero-order valence-corrected chi connectivity index (χ0v) is 33.8. The van der Waals surface area contributed by atoms with Gasteiger partial charge in [-0.15, -0.1) is 0 Å². The van der Waals surface area contributed by atoms with Crippen LogP contribution in [0.3, 0.4) is 0 Å². The summed E-state index contributed by atoms with van der Waals surface area (Å²) in [5, 5.41) is 18.0. The molecule has 2 N–H and O–H groups in total. The number of hydrogen-bond acceptors (Lipinski definition) is 14. The van der Waals surface area contributed by atoms with Crippen LogP contribution in [0.1, 0.15) is 12.8 Å². The molecule has 0 aromatic carbocycles. The van der Waals surface area contributed by atoms with E-state index in [2.05, 4.69) is 53.3 Å². The molecule has 0 saturated carbocycles. The van der Waals surface area contributed by atoms with Crippen LogP contribution in [0, 0.1) is 0 Å². The standard InChI is InChI=1S/C14H26N4O2S4.C14H26N4S4/c19-11-9-15-1-5-17(6-2-15)13(21)23-24-14(22)18-7-3-16(4-8-18)10-12-20;1-15-5-3-7-17(11-9-15)13(19)21-22-14(20)18-8-4-6-16(2)10-12-18/h19-20H,1-12H2;3-12H2,1-2H3. The molecular formula is C28H52N8O2S8. The fourth-order valence-electron chi connectivity index (χ4n) is 5.40. The zero-order valence-electron chi connectivity index (χ0n) is 27.3. The highest BCUT2D eigenvalue weighted by atomic mass is 33.1. The monoisotopic (exact) mass is 788 g/mol. The van der Waals surface area contributed by atoms with Crippen molar-refractivity contribution in [2.45, 2.75) is 12.8 Å². The SMILES string of the molecule is CN1CCCN(C(=S)SSC(=S)N2CCCN(C)CC2)CC1.OCCN1CCN(C(=S)SSC(=S)N2CCN(CCO)CC2)CC1. The molecule has 0 spiro atoms. The number of thiocarbonyl (C=S) groups is 4. The highest BCUT2D eigenvalue weighted by Crippen LogP contribution is 2.30. The normalized spacial score (nSPS) is 21.3. The Balaban J connectivity index is 0.000000251. The van der Waals surface area contributed by atoms with Crippen molar-refractivity contribution in [3.63, 3.8) is 0 Å². The molecule has 264 valence electrons. The first-order chi connectivity index (χ1) is 22.2. The Morgan fingerprint density at radius 2 is 0.717 bits per heavy atom. The lowest BCUT2D eigenvalue weighted by Crippen LogP contribution is -2.48. The van der Waals surface area contributed by atoms with Gasteiger partial charge >= 0.3 is 0 Å². The van der Waals surface area contributed by atoms with E-state index in [4.69, 9.17) is 59.1 Å². The number of hydrogen-bond donors (Lipinski definition) is 2.